The van der Waals surface area contributed by atoms with Crippen LogP contribution < -0.4 is 0 Å². The Morgan fingerprint density at radius 3 is 2.52 bits per heavy atom. The van der Waals surface area contributed by atoms with Crippen molar-refractivity contribution < 1.29 is 0 Å². The zero-order valence-electron chi connectivity index (χ0n) is 15.7. The first kappa shape index (κ1) is 16.7. The topological polar surface area (TPSA) is 51.6 Å². The average molecular weight is 395 g/mol. The minimum absolute atomic E-state index is 0.605. The number of nitrogens with zero attached hydrogens (tertiary/aromatic N) is 4. The van der Waals surface area contributed by atoms with Crippen molar-refractivity contribution in [2.75, 3.05) is 0 Å². The molecule has 2 aromatic carbocycles. The first-order chi connectivity index (χ1) is 14.3. The van der Waals surface area contributed by atoms with Crippen LogP contribution in [0.25, 0.3) is 26.7 Å². The molecular weight excluding hydrogens is 376 g/mol. The van der Waals surface area contributed by atoms with Crippen LogP contribution in [0.1, 0.15) is 41.3 Å². The van der Waals surface area contributed by atoms with Crippen molar-refractivity contribution >= 4 is 16.9 Å². The molecule has 0 saturated heterocycles. The summed E-state index contributed by atoms with van der Waals surface area (Å²) in [4.78, 5) is 9.36. The lowest BCUT2D eigenvalue weighted by Gasteiger charge is -2.08. The molecule has 1 saturated carbocycles. The third-order valence-corrected chi connectivity index (χ3v) is 6.56. The first-order valence-corrected chi connectivity index (χ1v) is 10.7. The zero-order chi connectivity index (χ0) is 19.2. The summed E-state index contributed by atoms with van der Waals surface area (Å²) < 4.78 is 0. The predicted molar refractivity (Wildman–Crippen MR) is 116 cm³/mol. The Kier molecular flexibility index (Phi) is 3.87. The van der Waals surface area contributed by atoms with E-state index in [1.165, 1.54) is 29.5 Å². The van der Waals surface area contributed by atoms with Crippen LogP contribution in [0.5, 0.6) is 0 Å². The summed E-state index contributed by atoms with van der Waals surface area (Å²) in [5.74, 6) is 0.605. The van der Waals surface area contributed by atoms with E-state index in [2.05, 4.69) is 51.6 Å². The van der Waals surface area contributed by atoms with Gasteiger partial charge in [0.25, 0.3) is 0 Å². The molecule has 2 aromatic heterocycles. The van der Waals surface area contributed by atoms with Crippen LogP contribution >= 0.6 is 11.3 Å². The van der Waals surface area contributed by atoms with Gasteiger partial charge in [-0.2, -0.15) is 0 Å². The van der Waals surface area contributed by atoms with E-state index < -0.39 is 0 Å². The molecule has 4 nitrogen and oxygen atoms in total. The number of benzene rings is 2. The summed E-state index contributed by atoms with van der Waals surface area (Å²) in [5.41, 5.74) is 8.06. The van der Waals surface area contributed by atoms with Crippen molar-refractivity contribution in [1.82, 2.24) is 20.2 Å². The maximum absolute atomic E-state index is 4.91. The van der Waals surface area contributed by atoms with E-state index in [0.29, 0.717) is 5.92 Å². The van der Waals surface area contributed by atoms with Gasteiger partial charge < -0.3 is 0 Å². The monoisotopic (exact) mass is 394 g/mol. The van der Waals surface area contributed by atoms with Gasteiger partial charge in [0.15, 0.2) is 0 Å². The first-order valence-electron chi connectivity index (χ1n) is 9.90. The molecule has 4 aromatic rings. The van der Waals surface area contributed by atoms with Gasteiger partial charge in [0, 0.05) is 28.8 Å². The third kappa shape index (κ3) is 3.08. The number of fused-ring (bicyclic) bond motifs is 1. The van der Waals surface area contributed by atoms with Gasteiger partial charge >= 0.3 is 0 Å². The molecule has 1 fully saturated rings. The van der Waals surface area contributed by atoms with Crippen LogP contribution in [-0.2, 0) is 6.42 Å². The summed E-state index contributed by atoms with van der Waals surface area (Å²) in [6, 6.07) is 16.8. The van der Waals surface area contributed by atoms with Crippen LogP contribution in [-0.4, -0.2) is 20.2 Å². The van der Waals surface area contributed by atoms with Crippen molar-refractivity contribution in [3.05, 3.63) is 89.5 Å². The SMILES string of the molecule is C1=C(c2cncc(C3CC3)n2)c2cc(-c3nnc(-c4ccccc4)s3)ccc2C1. The van der Waals surface area contributed by atoms with Gasteiger partial charge in [-0.3, -0.25) is 4.98 Å². The molecule has 0 atom stereocenters. The molecule has 2 heterocycles. The van der Waals surface area contributed by atoms with Crippen molar-refractivity contribution in [3.63, 3.8) is 0 Å². The van der Waals surface area contributed by atoms with Crippen LogP contribution in [0.4, 0.5) is 0 Å². The molecule has 5 heteroatoms. The predicted octanol–water partition coefficient (Wildman–Crippen LogP) is 5.53. The summed E-state index contributed by atoms with van der Waals surface area (Å²) in [7, 11) is 0. The summed E-state index contributed by atoms with van der Waals surface area (Å²) in [6.07, 6.45) is 9.48. The average Bonchev–Trinajstić information content (AvgIpc) is 3.36. The van der Waals surface area contributed by atoms with Gasteiger partial charge in [-0.15, -0.1) is 10.2 Å². The van der Waals surface area contributed by atoms with Crippen LogP contribution in [0.3, 0.4) is 0 Å². The highest BCUT2D eigenvalue weighted by atomic mass is 32.1. The van der Waals surface area contributed by atoms with E-state index >= 15 is 0 Å². The molecule has 140 valence electrons. The molecule has 29 heavy (non-hydrogen) atoms. The summed E-state index contributed by atoms with van der Waals surface area (Å²) >= 11 is 1.63. The molecule has 0 aliphatic heterocycles. The number of hydrogen-bond donors (Lipinski definition) is 0. The lowest BCUT2D eigenvalue weighted by atomic mass is 10.0. The van der Waals surface area contributed by atoms with Crippen LogP contribution in [0.2, 0.25) is 0 Å². The number of hydrogen-bond acceptors (Lipinski definition) is 5. The molecule has 0 bridgehead atoms. The van der Waals surface area contributed by atoms with E-state index in [-0.39, 0.29) is 0 Å². The fourth-order valence-electron chi connectivity index (χ4n) is 3.83. The Bertz CT molecular complexity index is 1240. The standard InChI is InChI=1S/C24H18N4S/c1-2-4-17(5-3-1)23-27-28-24(29-23)18-9-6-15-10-11-19(20(15)12-18)22-14-25-13-21(26-22)16-7-8-16/h1-6,9,11-14,16H,7-8,10H2. The Hall–Kier alpha value is -3.18. The van der Waals surface area contributed by atoms with Gasteiger partial charge in [-0.05, 0) is 36.5 Å². The Balaban J connectivity index is 1.36. The molecule has 0 spiro atoms. The zero-order valence-corrected chi connectivity index (χ0v) is 16.6. The van der Waals surface area contributed by atoms with Crippen molar-refractivity contribution in [1.29, 1.82) is 0 Å². The minimum Gasteiger partial charge on any atom is -0.261 e. The fraction of sp³-hybridized carbons (Fsp3) is 0.167. The van der Waals surface area contributed by atoms with Crippen LogP contribution in [0.15, 0.2) is 67.0 Å². The molecule has 6 rings (SSSR count). The van der Waals surface area contributed by atoms with Gasteiger partial charge in [-0.1, -0.05) is 59.9 Å². The third-order valence-electron chi connectivity index (χ3n) is 5.54. The number of rotatable bonds is 4. The highest BCUT2D eigenvalue weighted by molar-refractivity contribution is 7.17. The van der Waals surface area contributed by atoms with E-state index in [4.69, 9.17) is 4.98 Å². The molecular formula is C24H18N4S. The normalized spacial score (nSPS) is 15.2. The highest BCUT2D eigenvalue weighted by Crippen LogP contribution is 2.40. The van der Waals surface area contributed by atoms with Crippen molar-refractivity contribution in [3.8, 4) is 21.1 Å². The summed E-state index contributed by atoms with van der Waals surface area (Å²) in [5, 5.41) is 10.7. The lowest BCUT2D eigenvalue weighted by Crippen LogP contribution is -1.96. The van der Waals surface area contributed by atoms with E-state index in [1.54, 1.807) is 11.3 Å². The van der Waals surface area contributed by atoms with E-state index in [9.17, 15) is 0 Å². The number of aromatic nitrogens is 4. The molecule has 0 unspecified atom stereocenters. The van der Waals surface area contributed by atoms with Crippen molar-refractivity contribution in [2.45, 2.75) is 25.2 Å². The van der Waals surface area contributed by atoms with Gasteiger partial charge in [0.1, 0.15) is 10.0 Å². The van der Waals surface area contributed by atoms with Gasteiger partial charge in [0.2, 0.25) is 0 Å². The van der Waals surface area contributed by atoms with Crippen LogP contribution in [0, 0.1) is 0 Å². The molecule has 0 amide bonds. The second-order valence-electron chi connectivity index (χ2n) is 7.58. The van der Waals surface area contributed by atoms with Gasteiger partial charge in [0.05, 0.1) is 17.6 Å². The fourth-order valence-corrected chi connectivity index (χ4v) is 4.67. The van der Waals surface area contributed by atoms with Gasteiger partial charge in [-0.25, -0.2) is 4.98 Å². The Morgan fingerprint density at radius 1 is 0.862 bits per heavy atom. The molecule has 0 radical (unpaired) electrons. The highest BCUT2D eigenvalue weighted by Gasteiger charge is 2.26. The minimum atomic E-state index is 0.605. The quantitative estimate of drug-likeness (QED) is 0.457. The number of allylic oxidation sites excluding steroid dienone is 1. The second kappa shape index (κ2) is 6.71. The Morgan fingerprint density at radius 2 is 1.69 bits per heavy atom. The maximum atomic E-state index is 4.91. The smallest absolute Gasteiger partial charge is 0.148 e. The summed E-state index contributed by atoms with van der Waals surface area (Å²) in [6.45, 7) is 0. The van der Waals surface area contributed by atoms with E-state index in [0.717, 1.165) is 39.0 Å². The Labute approximate surface area is 173 Å². The maximum Gasteiger partial charge on any atom is 0.148 e. The second-order valence-corrected chi connectivity index (χ2v) is 8.55. The van der Waals surface area contributed by atoms with E-state index in [1.807, 2.05) is 30.6 Å². The van der Waals surface area contributed by atoms with Crippen molar-refractivity contribution in [2.24, 2.45) is 0 Å². The largest absolute Gasteiger partial charge is 0.261 e. The molecule has 2 aliphatic carbocycles. The molecule has 0 N–H and O–H groups in total. The lowest BCUT2D eigenvalue weighted by molar-refractivity contribution is 0.977. The molecule has 2 aliphatic rings.